The second kappa shape index (κ2) is 8.67. The second-order valence-electron chi connectivity index (χ2n) is 7.04. The molecule has 8 heteroatoms. The van der Waals surface area contributed by atoms with Gasteiger partial charge in [-0.15, -0.1) is 0 Å². The van der Waals surface area contributed by atoms with Crippen molar-refractivity contribution >= 4 is 16.8 Å². The third-order valence-corrected chi connectivity index (χ3v) is 5.33. The van der Waals surface area contributed by atoms with Crippen molar-refractivity contribution in [3.8, 4) is 0 Å². The maximum Gasteiger partial charge on any atom is 0.277 e. The molecule has 148 valence electrons. The van der Waals surface area contributed by atoms with E-state index in [4.69, 9.17) is 0 Å². The normalized spacial score (nSPS) is 16.1. The molecule has 3 heterocycles. The Balaban J connectivity index is 1.55. The highest BCUT2D eigenvalue weighted by atomic mass is 16.2. The summed E-state index contributed by atoms with van der Waals surface area (Å²) in [5, 5.41) is 8.18. The molecule has 2 aromatic heterocycles. The molecule has 0 aromatic carbocycles. The Labute approximate surface area is 159 Å². The minimum Gasteiger partial charge on any atom is -0.353 e. The molecule has 0 radical (unpaired) electrons. The van der Waals surface area contributed by atoms with Crippen LogP contribution in [-0.4, -0.2) is 75.9 Å². The van der Waals surface area contributed by atoms with Gasteiger partial charge in [0.2, 0.25) is 5.91 Å². The molecule has 1 aliphatic heterocycles. The molecule has 1 aliphatic rings. The quantitative estimate of drug-likeness (QED) is 0.754. The number of aromatic nitrogens is 3. The monoisotopic (exact) mass is 374 g/mol. The zero-order valence-electron chi connectivity index (χ0n) is 16.6. The van der Waals surface area contributed by atoms with Gasteiger partial charge >= 0.3 is 0 Å². The van der Waals surface area contributed by atoms with Crippen molar-refractivity contribution in [2.24, 2.45) is 0 Å². The van der Waals surface area contributed by atoms with Crippen LogP contribution in [0.4, 0.5) is 0 Å². The summed E-state index contributed by atoms with van der Waals surface area (Å²) in [5.41, 5.74) is 1.24. The van der Waals surface area contributed by atoms with Crippen molar-refractivity contribution < 1.29 is 4.79 Å². The van der Waals surface area contributed by atoms with Crippen molar-refractivity contribution in [3.63, 3.8) is 0 Å². The van der Waals surface area contributed by atoms with Crippen molar-refractivity contribution in [3.05, 3.63) is 28.3 Å². The first-order valence-corrected chi connectivity index (χ1v) is 9.81. The number of hydrogen-bond acceptors (Lipinski definition) is 5. The van der Waals surface area contributed by atoms with Gasteiger partial charge in [-0.05, 0) is 26.5 Å². The number of rotatable bonds is 7. The van der Waals surface area contributed by atoms with Gasteiger partial charge in [0, 0.05) is 57.4 Å². The lowest BCUT2D eigenvalue weighted by Gasteiger charge is -2.33. The third kappa shape index (κ3) is 4.39. The van der Waals surface area contributed by atoms with Crippen LogP contribution in [-0.2, 0) is 17.9 Å². The molecule has 1 saturated heterocycles. The predicted molar refractivity (Wildman–Crippen MR) is 106 cm³/mol. The third-order valence-electron chi connectivity index (χ3n) is 5.33. The average Bonchev–Trinajstić information content (AvgIpc) is 3.01. The summed E-state index contributed by atoms with van der Waals surface area (Å²) < 4.78 is 3.17. The molecule has 0 unspecified atom stereocenters. The van der Waals surface area contributed by atoms with Crippen LogP contribution < -0.4 is 10.9 Å². The molecule has 8 nitrogen and oxygen atoms in total. The maximum atomic E-state index is 12.7. The van der Waals surface area contributed by atoms with Crippen molar-refractivity contribution in [2.45, 2.75) is 33.9 Å². The van der Waals surface area contributed by atoms with E-state index in [1.807, 2.05) is 19.9 Å². The fraction of sp³-hybridized carbons (Fsp3) is 0.632. The van der Waals surface area contributed by atoms with Crippen molar-refractivity contribution in [2.75, 3.05) is 45.8 Å². The number of piperazine rings is 1. The fourth-order valence-corrected chi connectivity index (χ4v) is 3.64. The SMILES string of the molecule is CCN1CCN(CCNC(=O)Cn2ccc3c(C)nn(CC)c3c2=O)CC1. The van der Waals surface area contributed by atoms with Gasteiger partial charge in [0.05, 0.1) is 5.69 Å². The van der Waals surface area contributed by atoms with Crippen molar-refractivity contribution in [1.82, 2.24) is 29.5 Å². The van der Waals surface area contributed by atoms with E-state index in [1.165, 1.54) is 4.57 Å². The Morgan fingerprint density at radius 1 is 1.15 bits per heavy atom. The first kappa shape index (κ1) is 19.6. The van der Waals surface area contributed by atoms with E-state index in [0.717, 1.165) is 50.3 Å². The van der Waals surface area contributed by atoms with Gasteiger partial charge in [0.15, 0.2) is 0 Å². The van der Waals surface area contributed by atoms with E-state index in [1.54, 1.807) is 10.9 Å². The topological polar surface area (TPSA) is 75.4 Å². The molecule has 0 bridgehead atoms. The van der Waals surface area contributed by atoms with Gasteiger partial charge in [-0.2, -0.15) is 5.10 Å². The molecular weight excluding hydrogens is 344 g/mol. The van der Waals surface area contributed by atoms with Crippen molar-refractivity contribution in [1.29, 1.82) is 0 Å². The van der Waals surface area contributed by atoms with Crippen LogP contribution in [0.2, 0.25) is 0 Å². The Morgan fingerprint density at radius 3 is 2.52 bits per heavy atom. The summed E-state index contributed by atoms with van der Waals surface area (Å²) in [7, 11) is 0. The molecule has 0 spiro atoms. The molecule has 27 heavy (non-hydrogen) atoms. The molecule has 0 saturated carbocycles. The lowest BCUT2D eigenvalue weighted by Crippen LogP contribution is -2.48. The number of hydrogen-bond donors (Lipinski definition) is 1. The summed E-state index contributed by atoms with van der Waals surface area (Å²) in [6, 6.07) is 1.87. The van der Waals surface area contributed by atoms with E-state index in [0.29, 0.717) is 18.6 Å². The largest absolute Gasteiger partial charge is 0.353 e. The van der Waals surface area contributed by atoms with Gasteiger partial charge in [0.1, 0.15) is 12.1 Å². The number of likely N-dealkylation sites (N-methyl/N-ethyl adjacent to an activating group) is 1. The van der Waals surface area contributed by atoms with Crippen LogP contribution in [0.5, 0.6) is 0 Å². The van der Waals surface area contributed by atoms with Gasteiger partial charge in [-0.25, -0.2) is 0 Å². The molecular formula is C19H30N6O2. The number of nitrogens with zero attached hydrogens (tertiary/aromatic N) is 5. The van der Waals surface area contributed by atoms with Crippen LogP contribution in [0, 0.1) is 6.92 Å². The lowest BCUT2D eigenvalue weighted by atomic mass is 10.2. The van der Waals surface area contributed by atoms with Gasteiger partial charge in [0.25, 0.3) is 5.56 Å². The molecule has 0 aliphatic carbocycles. The first-order valence-electron chi connectivity index (χ1n) is 9.81. The Kier molecular flexibility index (Phi) is 6.28. The van der Waals surface area contributed by atoms with Gasteiger partial charge < -0.3 is 14.8 Å². The minimum atomic E-state index is -0.166. The molecule has 3 rings (SSSR count). The summed E-state index contributed by atoms with van der Waals surface area (Å²) in [6.07, 6.45) is 1.68. The molecule has 1 amide bonds. The highest BCUT2D eigenvalue weighted by molar-refractivity contribution is 5.81. The van der Waals surface area contributed by atoms with Gasteiger partial charge in [-0.1, -0.05) is 6.92 Å². The van der Waals surface area contributed by atoms with E-state index < -0.39 is 0 Å². The number of nitrogens with one attached hydrogen (secondary N) is 1. The number of carbonyl (C=O) groups excluding carboxylic acids is 1. The molecule has 0 atom stereocenters. The number of fused-ring (bicyclic) bond motifs is 1. The van der Waals surface area contributed by atoms with Crippen LogP contribution in [0.25, 0.3) is 10.9 Å². The van der Waals surface area contributed by atoms with Gasteiger partial charge in [-0.3, -0.25) is 19.2 Å². The van der Waals surface area contributed by atoms with E-state index in [2.05, 4.69) is 27.1 Å². The maximum absolute atomic E-state index is 12.7. The molecule has 1 N–H and O–H groups in total. The van der Waals surface area contributed by atoms with E-state index in [9.17, 15) is 9.59 Å². The van der Waals surface area contributed by atoms with Crippen LogP contribution in [0.1, 0.15) is 19.5 Å². The highest BCUT2D eigenvalue weighted by Gasteiger charge is 2.16. The first-order chi connectivity index (χ1) is 13.0. The fourth-order valence-electron chi connectivity index (χ4n) is 3.64. The summed E-state index contributed by atoms with van der Waals surface area (Å²) in [5.74, 6) is -0.136. The zero-order valence-corrected chi connectivity index (χ0v) is 16.6. The van der Waals surface area contributed by atoms with Crippen LogP contribution >= 0.6 is 0 Å². The summed E-state index contributed by atoms with van der Waals surface area (Å²) in [4.78, 5) is 29.8. The summed E-state index contributed by atoms with van der Waals surface area (Å²) in [6.45, 7) is 13.5. The second-order valence-corrected chi connectivity index (χ2v) is 7.04. The number of amides is 1. The summed E-state index contributed by atoms with van der Waals surface area (Å²) >= 11 is 0. The lowest BCUT2D eigenvalue weighted by molar-refractivity contribution is -0.121. The van der Waals surface area contributed by atoms with Crippen LogP contribution in [0.3, 0.4) is 0 Å². The molecule has 2 aromatic rings. The standard InChI is InChI=1S/C19H30N6O2/c1-4-22-10-12-23(13-11-22)9-7-20-17(26)14-24-8-6-16-15(3)21-25(5-2)18(16)19(24)27/h6,8H,4-5,7,9-14H2,1-3H3,(H,20,26). The predicted octanol–water partition coefficient (Wildman–Crippen LogP) is 0.280. The average molecular weight is 374 g/mol. The van der Waals surface area contributed by atoms with E-state index >= 15 is 0 Å². The zero-order chi connectivity index (χ0) is 19.4. The Morgan fingerprint density at radius 2 is 1.85 bits per heavy atom. The number of pyridine rings is 1. The van der Waals surface area contributed by atoms with Crippen LogP contribution in [0.15, 0.2) is 17.1 Å². The van der Waals surface area contributed by atoms with E-state index in [-0.39, 0.29) is 18.0 Å². The Hall–Kier alpha value is -2.19. The Bertz CT molecular complexity index is 848. The molecule has 1 fully saturated rings. The minimum absolute atomic E-state index is 0.0341. The smallest absolute Gasteiger partial charge is 0.277 e. The number of carbonyl (C=O) groups is 1. The highest BCUT2D eigenvalue weighted by Crippen LogP contribution is 2.13. The number of aryl methyl sites for hydroxylation is 2.